The lowest BCUT2D eigenvalue weighted by Crippen LogP contribution is -2.42. The number of hydrogen-bond donors (Lipinski definition) is 1. The van der Waals surface area contributed by atoms with Gasteiger partial charge in [-0.3, -0.25) is 9.69 Å². The minimum Gasteiger partial charge on any atom is -0.319 e. The number of rotatable bonds is 5. The van der Waals surface area contributed by atoms with Crippen molar-refractivity contribution in [3.63, 3.8) is 0 Å². The lowest BCUT2D eigenvalue weighted by molar-refractivity contribution is -0.130. The van der Waals surface area contributed by atoms with Crippen LogP contribution in [0.5, 0.6) is 0 Å². The van der Waals surface area contributed by atoms with E-state index in [0.717, 1.165) is 10.5 Å². The highest BCUT2D eigenvalue weighted by atomic mass is 35.5. The quantitative estimate of drug-likeness (QED) is 0.720. The standard InChI is InChI=1S/C19H18Cl2N2O4S/c1-12-5-3-4-6-14(12)19(2)17(24)23(18(25)22-19)9-10-28(26,27)16-11-13(20)7-8-15(16)21/h3-8,11H,9-10H2,1-2H3,(H,22,25). The van der Waals surface area contributed by atoms with Crippen LogP contribution in [0.3, 0.4) is 0 Å². The van der Waals surface area contributed by atoms with Gasteiger partial charge in [0.2, 0.25) is 0 Å². The number of nitrogens with zero attached hydrogens (tertiary/aromatic N) is 1. The van der Waals surface area contributed by atoms with Crippen molar-refractivity contribution >= 4 is 45.0 Å². The van der Waals surface area contributed by atoms with Gasteiger partial charge in [0.15, 0.2) is 9.84 Å². The molecule has 28 heavy (non-hydrogen) atoms. The number of nitrogens with one attached hydrogen (secondary N) is 1. The van der Waals surface area contributed by atoms with Gasteiger partial charge in [-0.25, -0.2) is 13.2 Å². The first-order chi connectivity index (χ1) is 13.1. The van der Waals surface area contributed by atoms with Crippen molar-refractivity contribution in [1.29, 1.82) is 0 Å². The first kappa shape index (κ1) is 20.6. The fraction of sp³-hybridized carbons (Fsp3) is 0.263. The minimum atomic E-state index is -3.85. The van der Waals surface area contributed by atoms with Gasteiger partial charge in [0.05, 0.1) is 15.7 Å². The number of carbonyl (C=O) groups excluding carboxylic acids is 2. The molecule has 1 aliphatic heterocycles. The van der Waals surface area contributed by atoms with Gasteiger partial charge in [-0.05, 0) is 43.2 Å². The highest BCUT2D eigenvalue weighted by Crippen LogP contribution is 2.31. The van der Waals surface area contributed by atoms with Crippen molar-refractivity contribution in [3.8, 4) is 0 Å². The summed E-state index contributed by atoms with van der Waals surface area (Å²) >= 11 is 11.8. The molecule has 0 aromatic heterocycles. The molecule has 3 amide bonds. The summed E-state index contributed by atoms with van der Waals surface area (Å²) in [6.45, 7) is 3.16. The van der Waals surface area contributed by atoms with Crippen LogP contribution < -0.4 is 5.32 Å². The number of aryl methyl sites for hydroxylation is 1. The van der Waals surface area contributed by atoms with E-state index in [1.54, 1.807) is 19.1 Å². The second-order valence-electron chi connectivity index (χ2n) is 6.72. The van der Waals surface area contributed by atoms with E-state index in [0.29, 0.717) is 5.56 Å². The average Bonchev–Trinajstić information content (AvgIpc) is 2.85. The molecule has 0 bridgehead atoms. The molecule has 0 aliphatic carbocycles. The fourth-order valence-electron chi connectivity index (χ4n) is 3.25. The summed E-state index contributed by atoms with van der Waals surface area (Å²) in [7, 11) is -3.85. The second-order valence-corrected chi connectivity index (χ2v) is 9.64. The Balaban J connectivity index is 1.84. The zero-order valence-electron chi connectivity index (χ0n) is 15.2. The SMILES string of the molecule is Cc1ccccc1C1(C)NC(=O)N(CCS(=O)(=O)c2cc(Cl)ccc2Cl)C1=O. The molecule has 6 nitrogen and oxygen atoms in total. The molecule has 1 saturated heterocycles. The predicted molar refractivity (Wildman–Crippen MR) is 107 cm³/mol. The molecule has 1 heterocycles. The van der Waals surface area contributed by atoms with Gasteiger partial charge in [0.25, 0.3) is 5.91 Å². The Morgan fingerprint density at radius 1 is 1.11 bits per heavy atom. The maximum Gasteiger partial charge on any atom is 0.325 e. The molecule has 2 aromatic rings. The van der Waals surface area contributed by atoms with Crippen LogP contribution in [0.4, 0.5) is 4.79 Å². The third-order valence-corrected chi connectivity index (χ3v) is 7.18. The van der Waals surface area contributed by atoms with Crippen molar-refractivity contribution in [2.75, 3.05) is 12.3 Å². The average molecular weight is 441 g/mol. The second kappa shape index (κ2) is 7.39. The van der Waals surface area contributed by atoms with Crippen molar-refractivity contribution in [2.24, 2.45) is 0 Å². The maximum absolute atomic E-state index is 13.0. The van der Waals surface area contributed by atoms with E-state index < -0.39 is 33.1 Å². The van der Waals surface area contributed by atoms with E-state index in [9.17, 15) is 18.0 Å². The van der Waals surface area contributed by atoms with Gasteiger partial charge in [-0.2, -0.15) is 0 Å². The van der Waals surface area contributed by atoms with Gasteiger partial charge in [0.1, 0.15) is 5.54 Å². The van der Waals surface area contributed by atoms with Gasteiger partial charge in [0, 0.05) is 11.6 Å². The van der Waals surface area contributed by atoms with Crippen LogP contribution in [0, 0.1) is 6.92 Å². The molecule has 148 valence electrons. The Morgan fingerprint density at radius 2 is 1.79 bits per heavy atom. The number of carbonyl (C=O) groups is 2. The number of halogens is 2. The summed E-state index contributed by atoms with van der Waals surface area (Å²) in [4.78, 5) is 26.2. The van der Waals surface area contributed by atoms with Crippen molar-refractivity contribution < 1.29 is 18.0 Å². The maximum atomic E-state index is 13.0. The van der Waals surface area contributed by atoms with Gasteiger partial charge in [-0.15, -0.1) is 0 Å². The highest BCUT2D eigenvalue weighted by Gasteiger charge is 2.49. The summed E-state index contributed by atoms with van der Waals surface area (Å²) in [5, 5.41) is 2.94. The lowest BCUT2D eigenvalue weighted by Gasteiger charge is -2.24. The summed E-state index contributed by atoms with van der Waals surface area (Å²) in [6.07, 6.45) is 0. The van der Waals surface area contributed by atoms with Crippen molar-refractivity contribution in [2.45, 2.75) is 24.3 Å². The summed E-state index contributed by atoms with van der Waals surface area (Å²) in [6, 6.07) is 10.7. The molecule has 9 heteroatoms. The molecule has 0 radical (unpaired) electrons. The Morgan fingerprint density at radius 3 is 2.46 bits per heavy atom. The molecule has 1 unspecified atom stereocenters. The number of benzene rings is 2. The molecule has 2 aromatic carbocycles. The third-order valence-electron chi connectivity index (χ3n) is 4.77. The number of amides is 3. The summed E-state index contributed by atoms with van der Waals surface area (Å²) in [5.41, 5.74) is 0.260. The minimum absolute atomic E-state index is 0.0337. The van der Waals surface area contributed by atoms with E-state index in [-0.39, 0.29) is 21.5 Å². The van der Waals surface area contributed by atoms with Crippen molar-refractivity contribution in [1.82, 2.24) is 10.2 Å². The van der Waals surface area contributed by atoms with Crippen LogP contribution in [0.2, 0.25) is 10.0 Å². The molecule has 1 fully saturated rings. The van der Waals surface area contributed by atoms with Gasteiger partial charge < -0.3 is 5.32 Å². The Hall–Kier alpha value is -2.09. The first-order valence-electron chi connectivity index (χ1n) is 8.44. The largest absolute Gasteiger partial charge is 0.325 e. The topological polar surface area (TPSA) is 83.6 Å². The molecule has 1 atom stereocenters. The van der Waals surface area contributed by atoms with Gasteiger partial charge >= 0.3 is 6.03 Å². The number of urea groups is 1. The molecule has 1 N–H and O–H groups in total. The molecular formula is C19H18Cl2N2O4S. The van der Waals surface area contributed by atoms with Crippen LogP contribution >= 0.6 is 23.2 Å². The molecule has 0 saturated carbocycles. The van der Waals surface area contributed by atoms with E-state index in [1.165, 1.54) is 18.2 Å². The van der Waals surface area contributed by atoms with Crippen molar-refractivity contribution in [3.05, 3.63) is 63.6 Å². The first-order valence-corrected chi connectivity index (χ1v) is 10.8. The van der Waals surface area contributed by atoms with Crippen LogP contribution in [-0.4, -0.2) is 37.6 Å². The Kier molecular flexibility index (Phi) is 5.44. The number of imide groups is 1. The highest BCUT2D eigenvalue weighted by molar-refractivity contribution is 7.91. The number of sulfone groups is 1. The predicted octanol–water partition coefficient (Wildman–Crippen LogP) is 3.54. The molecular weight excluding hydrogens is 423 g/mol. The lowest BCUT2D eigenvalue weighted by atomic mass is 9.88. The van der Waals surface area contributed by atoms with E-state index in [1.807, 2.05) is 19.1 Å². The number of hydrogen-bond acceptors (Lipinski definition) is 4. The Labute approximate surface area is 173 Å². The van der Waals surface area contributed by atoms with E-state index in [4.69, 9.17) is 23.2 Å². The molecule has 1 aliphatic rings. The third kappa shape index (κ3) is 3.62. The Bertz CT molecular complexity index is 1070. The monoisotopic (exact) mass is 440 g/mol. The van der Waals surface area contributed by atoms with Crippen LogP contribution in [0.25, 0.3) is 0 Å². The van der Waals surface area contributed by atoms with Crippen LogP contribution in [-0.2, 0) is 20.2 Å². The smallest absolute Gasteiger partial charge is 0.319 e. The fourth-order valence-corrected chi connectivity index (χ4v) is 5.27. The summed E-state index contributed by atoms with van der Waals surface area (Å²) in [5.74, 6) is -0.963. The molecule has 0 spiro atoms. The zero-order chi connectivity index (χ0) is 20.7. The zero-order valence-corrected chi connectivity index (χ0v) is 17.5. The van der Waals surface area contributed by atoms with Crippen LogP contribution in [0.1, 0.15) is 18.1 Å². The van der Waals surface area contributed by atoms with Crippen LogP contribution in [0.15, 0.2) is 47.4 Å². The molecule has 3 rings (SSSR count). The van der Waals surface area contributed by atoms with E-state index in [2.05, 4.69) is 5.32 Å². The summed E-state index contributed by atoms with van der Waals surface area (Å²) < 4.78 is 25.3. The van der Waals surface area contributed by atoms with E-state index >= 15 is 0 Å². The van der Waals surface area contributed by atoms with Gasteiger partial charge in [-0.1, -0.05) is 47.5 Å². The normalized spacial score (nSPS) is 19.8.